The predicted molar refractivity (Wildman–Crippen MR) is 320 cm³/mol. The van der Waals surface area contributed by atoms with Crippen molar-refractivity contribution in [1.82, 2.24) is 0 Å². The monoisotopic (exact) mass is 1130 g/mol. The Labute approximate surface area is 521 Å². The number of hydrogen-bond donors (Lipinski definition) is 0. The van der Waals surface area contributed by atoms with Crippen LogP contribution in [0.3, 0.4) is 0 Å². The van der Waals surface area contributed by atoms with E-state index in [9.17, 15) is 0 Å². The molecule has 77 heavy (non-hydrogen) atoms. The molecule has 1 rings (SSSR count). The largest absolute Gasteiger partial charge is 0.379 e. The second-order valence-electron chi connectivity index (χ2n) is 21.6. The fraction of sp³-hybridized carbons (Fsp3) is 0.909. The van der Waals surface area contributed by atoms with E-state index >= 15 is 0 Å². The van der Waals surface area contributed by atoms with Gasteiger partial charge in [0.05, 0.1) is 169 Å². The van der Waals surface area contributed by atoms with Gasteiger partial charge in [0.25, 0.3) is 0 Å². The average Bonchev–Trinajstić information content (AvgIpc) is 0.749. The van der Waals surface area contributed by atoms with Crippen LogP contribution in [-0.4, -0.2) is 137 Å². The summed E-state index contributed by atoms with van der Waals surface area (Å²) in [5, 5.41) is 0. The smallest absolute Gasteiger partial charge is 0.104 e. The van der Waals surface area contributed by atoms with Crippen molar-refractivity contribution in [1.29, 1.82) is 0 Å². The highest BCUT2D eigenvalue weighted by atomic mass is 16.6. The maximum absolute atomic E-state index is 8.57. The van der Waals surface area contributed by atoms with E-state index in [1.807, 2.05) is 0 Å². The standard InChI is InChI=1S/C66H126O11/c1-57(2)20-14-22-59(5)24-16-26-61(7)28-18-30-63(9)34-36-74-55-66(77-37-35-64(10)31-19-29-62(8)27-17-25-60(6)23-15-21-58(3)4)56-76-53-51-73-49-47-71-45-43-69-41-39-67-38-40-68-42-44-70-46-48-72-50-52-75-54-65-32-12-11-13-33-65/h11-13,32-33,57-64,66H,14-31,34-56H2,1-10H3/t59-,60-,61-,62-,63?,64?,66-/m0/s1/i38D2,39D2,40D2,41D2,42D2,43D2,44D2,45D2,46D2,47D2,48D2,49D2,50D2,51D2,52D2,53D2. The maximum atomic E-state index is 8.57. The molecule has 0 aromatic heterocycles. The summed E-state index contributed by atoms with van der Waals surface area (Å²) in [6.45, 7) is -48.7. The zero-order valence-corrected chi connectivity index (χ0v) is 48.8. The van der Waals surface area contributed by atoms with Crippen molar-refractivity contribution in [3.8, 4) is 0 Å². The lowest BCUT2D eigenvalue weighted by atomic mass is 9.91. The maximum Gasteiger partial charge on any atom is 0.104 e. The summed E-state index contributed by atoms with van der Waals surface area (Å²) in [4.78, 5) is 0. The zero-order valence-electron chi connectivity index (χ0n) is 80.8. The van der Waals surface area contributed by atoms with Gasteiger partial charge in [-0.15, -0.1) is 0 Å². The van der Waals surface area contributed by atoms with Crippen LogP contribution < -0.4 is 0 Å². The molecule has 0 radical (unpaired) electrons. The van der Waals surface area contributed by atoms with E-state index < -0.39 is 124 Å². The average molecular weight is 1130 g/mol. The molecule has 0 heterocycles. The van der Waals surface area contributed by atoms with Crippen molar-refractivity contribution < 1.29 is 96.0 Å². The lowest BCUT2D eigenvalue weighted by molar-refractivity contribution is -0.0723. The third kappa shape index (κ3) is 53.8. The molecule has 1 aromatic carbocycles. The van der Waals surface area contributed by atoms with Crippen molar-refractivity contribution in [2.24, 2.45) is 47.3 Å². The minimum atomic E-state index is -4.68. The van der Waals surface area contributed by atoms with E-state index in [0.717, 1.165) is 44.9 Å². The molecular weight excluding hydrogens is 969 g/mol. The Kier molecular flexibility index (Phi) is 26.2. The van der Waals surface area contributed by atoms with Crippen LogP contribution in [0.5, 0.6) is 0 Å². The first-order chi connectivity index (χ1) is 49.1. The SMILES string of the molecule is [2H]C([2H])(OCc1ccccc1)C([2H])([2H])OC([2H])([2H])C([2H])([2H])OC([2H])([2H])C([2H])([2H])OC([2H])([2H])C([2H])([2H])OC([2H])([2H])C([2H])([2H])OC([2H])([2H])C([2H])([2H])OC([2H])([2H])C([2H])([2H])OC([2H])([2H])C([2H])([2H])OC[C@H](COCCC(C)CCC[C@@H](C)CCC[C@@H](C)CCCC(C)C)OCCC(C)CCC[C@@H](C)CCC[C@@H](C)CCCC(C)C. The summed E-state index contributed by atoms with van der Waals surface area (Å²) in [5.41, 5.74) is 0.289. The number of ether oxygens (including phenoxy) is 11. The van der Waals surface area contributed by atoms with Crippen LogP contribution in [0.15, 0.2) is 30.3 Å². The molecule has 0 amide bonds. The van der Waals surface area contributed by atoms with Gasteiger partial charge >= 0.3 is 0 Å². The second-order valence-corrected chi connectivity index (χ2v) is 21.6. The lowest BCUT2D eigenvalue weighted by Gasteiger charge is -2.21. The van der Waals surface area contributed by atoms with E-state index in [2.05, 4.69) is 102 Å². The fourth-order valence-corrected chi connectivity index (χ4v) is 8.31. The highest BCUT2D eigenvalue weighted by Gasteiger charge is 2.14. The second kappa shape index (κ2) is 55.3. The lowest BCUT2D eigenvalue weighted by Crippen LogP contribution is -2.28. The molecule has 0 saturated heterocycles. The Morgan fingerprint density at radius 1 is 0.299 bits per heavy atom. The van der Waals surface area contributed by atoms with Gasteiger partial charge in [-0.25, -0.2) is 0 Å². The van der Waals surface area contributed by atoms with Gasteiger partial charge in [-0.1, -0.05) is 215 Å². The highest BCUT2D eigenvalue weighted by molar-refractivity contribution is 5.13. The number of hydrogen-bond acceptors (Lipinski definition) is 11. The van der Waals surface area contributed by atoms with Gasteiger partial charge < -0.3 is 52.1 Å². The van der Waals surface area contributed by atoms with Gasteiger partial charge in [-0.2, -0.15) is 0 Å². The van der Waals surface area contributed by atoms with E-state index in [-0.39, 0.29) is 31.3 Å². The molecule has 1 aromatic rings. The van der Waals surface area contributed by atoms with E-state index in [0.29, 0.717) is 54.3 Å². The summed E-state index contributed by atoms with van der Waals surface area (Å²) in [5.74, 6) is 4.50. The Morgan fingerprint density at radius 3 is 0.909 bits per heavy atom. The van der Waals surface area contributed by atoms with Crippen molar-refractivity contribution in [2.45, 2.75) is 210 Å². The van der Waals surface area contributed by atoms with Crippen LogP contribution in [0.25, 0.3) is 0 Å². The van der Waals surface area contributed by atoms with E-state index in [1.54, 1.807) is 6.07 Å². The van der Waals surface area contributed by atoms with Gasteiger partial charge in [0.2, 0.25) is 0 Å². The highest BCUT2D eigenvalue weighted by Crippen LogP contribution is 2.25. The minimum absolute atomic E-state index is 0.151. The first-order valence-electron chi connectivity index (χ1n) is 44.5. The molecule has 0 aliphatic rings. The Bertz CT molecular complexity index is 2700. The van der Waals surface area contributed by atoms with E-state index in [1.165, 1.54) is 94.9 Å². The Hall–Kier alpha value is -1.22. The molecule has 0 fully saturated rings. The number of rotatable bonds is 61. The van der Waals surface area contributed by atoms with Crippen LogP contribution in [0.2, 0.25) is 0 Å². The topological polar surface area (TPSA) is 102 Å². The van der Waals surface area contributed by atoms with Crippen molar-refractivity contribution in [2.75, 3.05) is 131 Å². The van der Waals surface area contributed by atoms with Gasteiger partial charge in [-0.3, -0.25) is 0 Å². The molecule has 11 nitrogen and oxygen atoms in total. The van der Waals surface area contributed by atoms with Crippen molar-refractivity contribution in [3.63, 3.8) is 0 Å². The van der Waals surface area contributed by atoms with Crippen LogP contribution in [0.1, 0.15) is 247 Å². The fourth-order valence-electron chi connectivity index (χ4n) is 8.31. The zero-order chi connectivity index (χ0) is 84.8. The summed E-state index contributed by atoms with van der Waals surface area (Å²) >= 11 is 0. The van der Waals surface area contributed by atoms with E-state index in [4.69, 9.17) is 62.8 Å². The molecule has 456 valence electrons. The quantitative estimate of drug-likeness (QED) is 0.0583. The Balaban J connectivity index is 3.25. The van der Waals surface area contributed by atoms with Gasteiger partial charge in [0.15, 0.2) is 0 Å². The molecule has 0 spiro atoms. The molecule has 7 atom stereocenters. The molecule has 0 N–H and O–H groups in total. The summed E-state index contributed by atoms with van der Waals surface area (Å²) in [6, 6.07) is 7.49. The third-order valence-corrected chi connectivity index (χ3v) is 13.1. The molecule has 2 unspecified atom stereocenters. The predicted octanol–water partition coefficient (Wildman–Crippen LogP) is 15.7. The molecule has 0 aliphatic heterocycles. The van der Waals surface area contributed by atoms with Crippen molar-refractivity contribution in [3.05, 3.63) is 35.9 Å². The summed E-state index contributed by atoms with van der Waals surface area (Å²) < 4.78 is 315. The van der Waals surface area contributed by atoms with Gasteiger partial charge in [0, 0.05) is 13.2 Å². The molecular formula is C66H126O11. The number of benzene rings is 1. The third-order valence-electron chi connectivity index (χ3n) is 13.1. The molecule has 0 bridgehead atoms. The molecule has 0 saturated carbocycles. The first-order valence-corrected chi connectivity index (χ1v) is 28.5. The first kappa shape index (κ1) is 36.5. The minimum Gasteiger partial charge on any atom is -0.379 e. The molecule has 0 aliphatic carbocycles. The van der Waals surface area contributed by atoms with Crippen molar-refractivity contribution >= 4 is 0 Å². The molecule has 11 heteroatoms. The van der Waals surface area contributed by atoms with Crippen LogP contribution in [-0.2, 0) is 58.7 Å². The van der Waals surface area contributed by atoms with Gasteiger partial charge in [0.1, 0.15) is 6.10 Å². The van der Waals surface area contributed by atoms with Crippen LogP contribution >= 0.6 is 0 Å². The van der Waals surface area contributed by atoms with Crippen LogP contribution in [0, 0.1) is 47.3 Å². The Morgan fingerprint density at radius 2 is 0.571 bits per heavy atom. The van der Waals surface area contributed by atoms with Crippen LogP contribution in [0.4, 0.5) is 0 Å². The summed E-state index contributed by atoms with van der Waals surface area (Å²) in [7, 11) is 0. The normalized spacial score (nSPS) is 24.0. The summed E-state index contributed by atoms with van der Waals surface area (Å²) in [6.07, 6.45) is 21.0. The van der Waals surface area contributed by atoms with Gasteiger partial charge in [-0.05, 0) is 65.7 Å².